The Morgan fingerprint density at radius 1 is 1.14 bits per heavy atom. The number of carbonyl (C=O) groups excluding carboxylic acids is 2. The topological polar surface area (TPSA) is 84.7 Å². The van der Waals surface area contributed by atoms with Gasteiger partial charge in [0.2, 0.25) is 11.8 Å². The predicted octanol–water partition coefficient (Wildman–Crippen LogP) is 0.823. The van der Waals surface area contributed by atoms with E-state index >= 15 is 0 Å². The van der Waals surface area contributed by atoms with Crippen molar-refractivity contribution >= 4 is 24.2 Å². The zero-order chi connectivity index (χ0) is 15.1. The Kier molecular flexibility index (Phi) is 8.75. The van der Waals surface area contributed by atoms with Gasteiger partial charge in [-0.15, -0.1) is 12.4 Å². The van der Waals surface area contributed by atoms with Gasteiger partial charge < -0.3 is 20.7 Å². The Balaban J connectivity index is 0.00000242. The van der Waals surface area contributed by atoms with Crippen LogP contribution in [-0.4, -0.2) is 55.1 Å². The number of hydrogen-bond acceptors (Lipinski definition) is 4. The van der Waals surface area contributed by atoms with Crippen LogP contribution < -0.4 is 11.1 Å². The zero-order valence-corrected chi connectivity index (χ0v) is 13.9. The molecule has 0 saturated carbocycles. The minimum Gasteiger partial charge on any atom is -0.364 e. The van der Waals surface area contributed by atoms with Gasteiger partial charge in [0.25, 0.3) is 0 Å². The largest absolute Gasteiger partial charge is 0.364 e. The smallest absolute Gasteiger partial charge is 0.249 e. The second-order valence-corrected chi connectivity index (χ2v) is 5.90. The lowest BCUT2D eigenvalue weighted by molar-refractivity contribution is -0.133. The minimum atomic E-state index is -0.396. The van der Waals surface area contributed by atoms with Crippen molar-refractivity contribution in [2.75, 3.05) is 26.2 Å². The van der Waals surface area contributed by atoms with E-state index in [2.05, 4.69) is 5.32 Å². The fourth-order valence-corrected chi connectivity index (χ4v) is 2.96. The van der Waals surface area contributed by atoms with Gasteiger partial charge >= 0.3 is 0 Å². The van der Waals surface area contributed by atoms with Gasteiger partial charge in [-0.05, 0) is 25.7 Å². The van der Waals surface area contributed by atoms with Crippen LogP contribution in [0.1, 0.15) is 44.9 Å². The average molecular weight is 334 g/mol. The monoisotopic (exact) mass is 333 g/mol. The second-order valence-electron chi connectivity index (χ2n) is 5.90. The van der Waals surface area contributed by atoms with Crippen molar-refractivity contribution < 1.29 is 14.3 Å². The highest BCUT2D eigenvalue weighted by Gasteiger charge is 2.29. The Morgan fingerprint density at radius 3 is 2.41 bits per heavy atom. The summed E-state index contributed by atoms with van der Waals surface area (Å²) in [5, 5.41) is 2.80. The van der Waals surface area contributed by atoms with Crippen molar-refractivity contribution in [3.63, 3.8) is 0 Å². The summed E-state index contributed by atoms with van der Waals surface area (Å²) in [4.78, 5) is 25.9. The molecule has 2 saturated heterocycles. The van der Waals surface area contributed by atoms with Crippen LogP contribution in [0.25, 0.3) is 0 Å². The molecule has 2 heterocycles. The molecule has 0 unspecified atom stereocenters. The summed E-state index contributed by atoms with van der Waals surface area (Å²) < 4.78 is 5.53. The molecule has 2 rings (SSSR count). The number of ether oxygens (including phenoxy) is 1. The summed E-state index contributed by atoms with van der Waals surface area (Å²) in [7, 11) is 0. The number of likely N-dealkylation sites (tertiary alicyclic amines) is 1. The van der Waals surface area contributed by atoms with Crippen LogP contribution in [0.15, 0.2) is 0 Å². The van der Waals surface area contributed by atoms with Gasteiger partial charge in [0, 0.05) is 32.6 Å². The minimum absolute atomic E-state index is 0. The molecular weight excluding hydrogens is 306 g/mol. The molecule has 0 aromatic carbocycles. The normalized spacial score (nSPS) is 25.2. The third kappa shape index (κ3) is 5.74. The van der Waals surface area contributed by atoms with Crippen molar-refractivity contribution in [2.24, 2.45) is 5.73 Å². The number of amides is 2. The number of nitrogens with one attached hydrogen (secondary N) is 1. The fraction of sp³-hybridized carbons (Fsp3) is 0.867. The highest BCUT2D eigenvalue weighted by Crippen LogP contribution is 2.18. The highest BCUT2D eigenvalue weighted by molar-refractivity contribution is 5.85. The molecule has 0 aliphatic carbocycles. The average Bonchev–Trinajstić information content (AvgIpc) is 2.81. The van der Waals surface area contributed by atoms with E-state index in [9.17, 15) is 9.59 Å². The molecule has 7 heteroatoms. The lowest BCUT2D eigenvalue weighted by Gasteiger charge is -2.20. The predicted molar refractivity (Wildman–Crippen MR) is 86.9 cm³/mol. The highest BCUT2D eigenvalue weighted by atomic mass is 35.5. The van der Waals surface area contributed by atoms with Crippen LogP contribution in [0, 0.1) is 0 Å². The summed E-state index contributed by atoms with van der Waals surface area (Å²) in [5.41, 5.74) is 5.52. The van der Waals surface area contributed by atoms with E-state index in [-0.39, 0.29) is 30.3 Å². The first-order valence-corrected chi connectivity index (χ1v) is 8.11. The lowest BCUT2D eigenvalue weighted by atomic mass is 10.2. The van der Waals surface area contributed by atoms with Gasteiger partial charge in [0.15, 0.2) is 0 Å². The first-order chi connectivity index (χ1) is 10.2. The maximum atomic E-state index is 12.1. The molecule has 2 atom stereocenters. The van der Waals surface area contributed by atoms with Crippen molar-refractivity contribution in [3.8, 4) is 0 Å². The number of halogens is 1. The lowest BCUT2D eigenvalue weighted by Crippen LogP contribution is -2.39. The molecule has 0 aromatic rings. The number of rotatable bonds is 5. The number of nitrogens with zero attached hydrogens (tertiary/aromatic N) is 1. The number of hydrogen-bond donors (Lipinski definition) is 2. The van der Waals surface area contributed by atoms with Crippen molar-refractivity contribution in [1.29, 1.82) is 0 Å². The van der Waals surface area contributed by atoms with Gasteiger partial charge in [0.1, 0.15) is 6.10 Å². The molecule has 6 nitrogen and oxygen atoms in total. The van der Waals surface area contributed by atoms with Crippen LogP contribution in [0.5, 0.6) is 0 Å². The molecule has 0 spiro atoms. The van der Waals surface area contributed by atoms with Crippen LogP contribution in [0.2, 0.25) is 0 Å². The van der Waals surface area contributed by atoms with Gasteiger partial charge in [-0.3, -0.25) is 9.59 Å². The van der Waals surface area contributed by atoms with Gasteiger partial charge in [-0.1, -0.05) is 12.8 Å². The summed E-state index contributed by atoms with van der Waals surface area (Å²) >= 11 is 0. The molecular formula is C15H28ClN3O3. The van der Waals surface area contributed by atoms with E-state index in [4.69, 9.17) is 10.5 Å². The molecule has 0 radical (unpaired) electrons. The van der Waals surface area contributed by atoms with Crippen molar-refractivity contribution in [3.05, 3.63) is 0 Å². The van der Waals surface area contributed by atoms with Crippen molar-refractivity contribution in [2.45, 2.75) is 57.2 Å². The quantitative estimate of drug-likeness (QED) is 0.780. The molecule has 2 aliphatic heterocycles. The summed E-state index contributed by atoms with van der Waals surface area (Å²) in [6.07, 6.45) is 6.13. The standard InChI is InChI=1S/C15H27N3O3.ClH/c16-11-12-5-6-13(21-12)15(20)17-8-7-14(19)18-9-3-1-2-4-10-18;/h12-13H,1-11,16H2,(H,17,20);1H/t12-,13+;/m1./s1. The van der Waals surface area contributed by atoms with Crippen LogP contribution in [-0.2, 0) is 14.3 Å². The SMILES string of the molecule is Cl.NC[C@H]1CC[C@@H](C(=O)NCCC(=O)N2CCCCCC2)O1. The Labute approximate surface area is 138 Å². The molecule has 128 valence electrons. The first kappa shape index (κ1) is 19.2. The van der Waals surface area contributed by atoms with E-state index in [1.165, 1.54) is 12.8 Å². The Bertz CT molecular complexity index is 360. The van der Waals surface area contributed by atoms with Crippen LogP contribution >= 0.6 is 12.4 Å². The van der Waals surface area contributed by atoms with E-state index < -0.39 is 6.10 Å². The number of nitrogens with two attached hydrogens (primary N) is 1. The van der Waals surface area contributed by atoms with E-state index in [0.29, 0.717) is 25.9 Å². The molecule has 22 heavy (non-hydrogen) atoms. The van der Waals surface area contributed by atoms with Gasteiger partial charge in [0.05, 0.1) is 6.10 Å². The molecule has 3 N–H and O–H groups in total. The molecule has 2 amide bonds. The third-order valence-electron chi connectivity index (χ3n) is 4.26. The molecule has 0 bridgehead atoms. The summed E-state index contributed by atoms with van der Waals surface area (Å²) in [5.74, 6) is 0.0268. The van der Waals surface area contributed by atoms with Crippen molar-refractivity contribution in [1.82, 2.24) is 10.2 Å². The maximum absolute atomic E-state index is 12.1. The van der Waals surface area contributed by atoms with Gasteiger partial charge in [-0.25, -0.2) is 0 Å². The molecule has 2 fully saturated rings. The van der Waals surface area contributed by atoms with E-state index in [1.54, 1.807) is 0 Å². The van der Waals surface area contributed by atoms with Gasteiger partial charge in [-0.2, -0.15) is 0 Å². The molecule has 2 aliphatic rings. The summed E-state index contributed by atoms with van der Waals surface area (Å²) in [6, 6.07) is 0. The summed E-state index contributed by atoms with van der Waals surface area (Å²) in [6.45, 7) is 2.56. The third-order valence-corrected chi connectivity index (χ3v) is 4.26. The zero-order valence-electron chi connectivity index (χ0n) is 13.1. The van der Waals surface area contributed by atoms with E-state index in [0.717, 1.165) is 32.4 Å². The van der Waals surface area contributed by atoms with Crippen LogP contribution in [0.3, 0.4) is 0 Å². The fourth-order valence-electron chi connectivity index (χ4n) is 2.96. The Morgan fingerprint density at radius 2 is 1.82 bits per heavy atom. The van der Waals surface area contributed by atoms with Crippen LogP contribution in [0.4, 0.5) is 0 Å². The van der Waals surface area contributed by atoms with E-state index in [1.807, 2.05) is 4.90 Å². The maximum Gasteiger partial charge on any atom is 0.249 e. The first-order valence-electron chi connectivity index (χ1n) is 8.11. The Hall–Kier alpha value is -0.850. The second kappa shape index (κ2) is 10.0. The number of carbonyl (C=O) groups is 2. The molecule has 0 aromatic heterocycles.